The van der Waals surface area contributed by atoms with Gasteiger partial charge in [-0.2, -0.15) is 0 Å². The summed E-state index contributed by atoms with van der Waals surface area (Å²) in [5.41, 5.74) is 1.29. The van der Waals surface area contributed by atoms with E-state index < -0.39 is 0 Å². The summed E-state index contributed by atoms with van der Waals surface area (Å²) in [4.78, 5) is 15.7. The molecule has 0 spiro atoms. The quantitative estimate of drug-likeness (QED) is 0.898. The molecule has 0 aromatic heterocycles. The number of fused-ring (bicyclic) bond motifs is 1. The zero-order valence-electron chi connectivity index (χ0n) is 11.1. The van der Waals surface area contributed by atoms with Crippen molar-refractivity contribution < 1.29 is 9.90 Å². The van der Waals surface area contributed by atoms with Crippen LogP contribution in [0.25, 0.3) is 0 Å². The van der Waals surface area contributed by atoms with Crippen LogP contribution in [-0.4, -0.2) is 40.4 Å². The zero-order chi connectivity index (χ0) is 13.4. The Bertz CT molecular complexity index is 464. The average molecular weight is 277 g/mol. The Morgan fingerprint density at radius 3 is 2.95 bits per heavy atom. The van der Waals surface area contributed by atoms with Gasteiger partial charge in [-0.3, -0.25) is 4.79 Å². The van der Waals surface area contributed by atoms with Gasteiger partial charge in [-0.25, -0.2) is 0 Å². The number of amides is 1. The molecule has 2 aliphatic heterocycles. The van der Waals surface area contributed by atoms with Gasteiger partial charge in [0, 0.05) is 23.9 Å². The van der Waals surface area contributed by atoms with Gasteiger partial charge in [0.2, 0.25) is 5.91 Å². The monoisotopic (exact) mass is 277 g/mol. The summed E-state index contributed by atoms with van der Waals surface area (Å²) in [6.07, 6.45) is 1.45. The Labute approximate surface area is 118 Å². The molecule has 1 amide bonds. The van der Waals surface area contributed by atoms with Crippen molar-refractivity contribution in [1.29, 1.82) is 0 Å². The van der Waals surface area contributed by atoms with Crippen molar-refractivity contribution in [1.82, 2.24) is 4.90 Å². The number of benzene rings is 1. The van der Waals surface area contributed by atoms with Gasteiger partial charge in [-0.05, 0) is 31.4 Å². The Hall–Kier alpha value is -1.00. The maximum atomic E-state index is 12.5. The van der Waals surface area contributed by atoms with Gasteiger partial charge in [-0.1, -0.05) is 18.2 Å². The van der Waals surface area contributed by atoms with Crippen LogP contribution in [0.4, 0.5) is 0 Å². The third kappa shape index (κ3) is 2.51. The SMILES string of the molecule is CC(O)C1CCN(C(=O)C2Cc3ccccc3S2)C1. The van der Waals surface area contributed by atoms with E-state index in [1.165, 1.54) is 10.5 Å². The number of hydrogen-bond donors (Lipinski definition) is 1. The summed E-state index contributed by atoms with van der Waals surface area (Å²) in [5, 5.41) is 9.65. The van der Waals surface area contributed by atoms with Crippen LogP contribution >= 0.6 is 11.8 Å². The predicted molar refractivity (Wildman–Crippen MR) is 76.2 cm³/mol. The van der Waals surface area contributed by atoms with Crippen molar-refractivity contribution in [3.8, 4) is 0 Å². The summed E-state index contributed by atoms with van der Waals surface area (Å²) >= 11 is 1.69. The molecular formula is C15H19NO2S. The number of aliphatic hydroxyl groups is 1. The topological polar surface area (TPSA) is 40.5 Å². The molecule has 3 unspecified atom stereocenters. The first-order chi connectivity index (χ1) is 9.15. The van der Waals surface area contributed by atoms with Crippen LogP contribution in [0.15, 0.2) is 29.2 Å². The van der Waals surface area contributed by atoms with Gasteiger partial charge in [-0.15, -0.1) is 11.8 Å². The highest BCUT2D eigenvalue weighted by Crippen LogP contribution is 2.38. The molecule has 1 saturated heterocycles. The van der Waals surface area contributed by atoms with Gasteiger partial charge in [0.1, 0.15) is 0 Å². The van der Waals surface area contributed by atoms with E-state index in [1.807, 2.05) is 24.0 Å². The maximum absolute atomic E-state index is 12.5. The molecule has 3 atom stereocenters. The van der Waals surface area contributed by atoms with Crippen molar-refractivity contribution in [3.05, 3.63) is 29.8 Å². The molecule has 1 aromatic rings. The van der Waals surface area contributed by atoms with E-state index in [9.17, 15) is 9.90 Å². The molecule has 19 heavy (non-hydrogen) atoms. The number of thioether (sulfide) groups is 1. The molecular weight excluding hydrogens is 258 g/mol. The first kappa shape index (κ1) is 13.0. The predicted octanol–water partition coefficient (Wildman–Crippen LogP) is 1.93. The first-order valence-electron chi connectivity index (χ1n) is 6.86. The number of aliphatic hydroxyl groups excluding tert-OH is 1. The van der Waals surface area contributed by atoms with Crippen LogP contribution in [0, 0.1) is 5.92 Å². The number of hydrogen-bond acceptors (Lipinski definition) is 3. The second-order valence-corrected chi connectivity index (χ2v) is 6.74. The van der Waals surface area contributed by atoms with E-state index in [-0.39, 0.29) is 23.2 Å². The Morgan fingerprint density at radius 1 is 1.47 bits per heavy atom. The molecule has 0 aliphatic carbocycles. The first-order valence-corrected chi connectivity index (χ1v) is 7.74. The van der Waals surface area contributed by atoms with Gasteiger partial charge in [0.25, 0.3) is 0 Å². The van der Waals surface area contributed by atoms with Crippen LogP contribution in [0.1, 0.15) is 18.9 Å². The van der Waals surface area contributed by atoms with Crippen LogP contribution in [0.5, 0.6) is 0 Å². The molecule has 4 heteroatoms. The van der Waals surface area contributed by atoms with Crippen LogP contribution in [0.2, 0.25) is 0 Å². The number of nitrogens with zero attached hydrogens (tertiary/aromatic N) is 1. The van der Waals surface area contributed by atoms with Gasteiger partial charge in [0.05, 0.1) is 11.4 Å². The third-order valence-corrected chi connectivity index (χ3v) is 5.45. The number of carbonyl (C=O) groups is 1. The lowest BCUT2D eigenvalue weighted by Crippen LogP contribution is -2.36. The minimum atomic E-state index is -0.314. The van der Waals surface area contributed by atoms with Crippen molar-refractivity contribution in [2.75, 3.05) is 13.1 Å². The lowest BCUT2D eigenvalue weighted by atomic mass is 10.0. The van der Waals surface area contributed by atoms with Gasteiger partial charge >= 0.3 is 0 Å². The number of rotatable bonds is 2. The summed E-state index contributed by atoms with van der Waals surface area (Å²) in [7, 11) is 0. The second-order valence-electron chi connectivity index (χ2n) is 5.49. The van der Waals surface area contributed by atoms with Crippen LogP contribution < -0.4 is 0 Å². The van der Waals surface area contributed by atoms with E-state index in [1.54, 1.807) is 11.8 Å². The zero-order valence-corrected chi connectivity index (χ0v) is 11.9. The molecule has 2 heterocycles. The molecule has 0 saturated carbocycles. The highest BCUT2D eigenvalue weighted by Gasteiger charge is 2.35. The van der Waals surface area contributed by atoms with E-state index in [0.29, 0.717) is 6.54 Å². The van der Waals surface area contributed by atoms with Crippen molar-refractivity contribution in [3.63, 3.8) is 0 Å². The lowest BCUT2D eigenvalue weighted by Gasteiger charge is -2.20. The second kappa shape index (κ2) is 5.17. The van der Waals surface area contributed by atoms with E-state index in [2.05, 4.69) is 12.1 Å². The molecule has 0 bridgehead atoms. The smallest absolute Gasteiger partial charge is 0.236 e. The summed E-state index contributed by atoms with van der Waals surface area (Å²) in [5.74, 6) is 0.488. The summed E-state index contributed by atoms with van der Waals surface area (Å²) in [6, 6.07) is 8.26. The number of carbonyl (C=O) groups excluding carboxylic acids is 1. The summed E-state index contributed by atoms with van der Waals surface area (Å²) < 4.78 is 0. The molecule has 102 valence electrons. The van der Waals surface area contributed by atoms with E-state index >= 15 is 0 Å². The van der Waals surface area contributed by atoms with Gasteiger partial charge < -0.3 is 10.0 Å². The Kier molecular flexibility index (Phi) is 3.54. The van der Waals surface area contributed by atoms with Crippen LogP contribution in [0.3, 0.4) is 0 Å². The summed E-state index contributed by atoms with van der Waals surface area (Å²) in [6.45, 7) is 3.32. The van der Waals surface area contributed by atoms with Crippen molar-refractivity contribution in [2.24, 2.45) is 5.92 Å². The van der Waals surface area contributed by atoms with E-state index in [4.69, 9.17) is 0 Å². The van der Waals surface area contributed by atoms with Gasteiger partial charge in [0.15, 0.2) is 0 Å². The normalized spacial score (nSPS) is 27.4. The minimum Gasteiger partial charge on any atom is -0.393 e. The van der Waals surface area contributed by atoms with Crippen LogP contribution in [-0.2, 0) is 11.2 Å². The fraction of sp³-hybridized carbons (Fsp3) is 0.533. The van der Waals surface area contributed by atoms with Crippen molar-refractivity contribution >= 4 is 17.7 Å². The molecule has 3 rings (SSSR count). The largest absolute Gasteiger partial charge is 0.393 e. The highest BCUT2D eigenvalue weighted by molar-refractivity contribution is 8.01. The molecule has 2 aliphatic rings. The highest BCUT2D eigenvalue weighted by atomic mass is 32.2. The molecule has 1 fully saturated rings. The number of likely N-dealkylation sites (tertiary alicyclic amines) is 1. The Morgan fingerprint density at radius 2 is 2.26 bits per heavy atom. The fourth-order valence-corrected chi connectivity index (χ4v) is 4.18. The molecule has 1 aromatic carbocycles. The standard InChI is InChI=1S/C15H19NO2S/c1-10(17)12-6-7-16(9-12)15(18)14-8-11-4-2-3-5-13(11)19-14/h2-5,10,12,14,17H,6-9H2,1H3. The molecule has 0 radical (unpaired) electrons. The third-order valence-electron chi connectivity index (χ3n) is 4.14. The minimum absolute atomic E-state index is 0.0325. The maximum Gasteiger partial charge on any atom is 0.236 e. The Balaban J connectivity index is 1.64. The molecule has 3 nitrogen and oxygen atoms in total. The van der Waals surface area contributed by atoms with E-state index in [0.717, 1.165) is 19.4 Å². The van der Waals surface area contributed by atoms with Crippen molar-refractivity contribution in [2.45, 2.75) is 36.0 Å². The lowest BCUT2D eigenvalue weighted by molar-refractivity contribution is -0.129. The molecule has 1 N–H and O–H groups in total. The average Bonchev–Trinajstić information content (AvgIpc) is 3.04. The fourth-order valence-electron chi connectivity index (χ4n) is 2.90.